The summed E-state index contributed by atoms with van der Waals surface area (Å²) in [7, 11) is 1.63. The molecule has 0 saturated carbocycles. The van der Waals surface area contributed by atoms with E-state index in [0.29, 0.717) is 23.7 Å². The number of aliphatic carboxylic acids is 1. The van der Waals surface area contributed by atoms with Crippen molar-refractivity contribution in [1.29, 1.82) is 0 Å². The van der Waals surface area contributed by atoms with Crippen LogP contribution >= 0.6 is 11.6 Å². The van der Waals surface area contributed by atoms with Crippen LogP contribution in [0.5, 0.6) is 5.75 Å². The molecule has 5 heteroatoms. The zero-order chi connectivity index (χ0) is 21.8. The van der Waals surface area contributed by atoms with Gasteiger partial charge >= 0.3 is 5.97 Å². The summed E-state index contributed by atoms with van der Waals surface area (Å²) in [6.45, 7) is 0.706. The largest absolute Gasteiger partial charge is 0.496 e. The molecule has 0 radical (unpaired) electrons. The maximum absolute atomic E-state index is 12.1. The Kier molecular flexibility index (Phi) is 6.59. The van der Waals surface area contributed by atoms with E-state index < -0.39 is 12.0 Å². The van der Waals surface area contributed by atoms with Crippen LogP contribution in [0.1, 0.15) is 36.4 Å². The summed E-state index contributed by atoms with van der Waals surface area (Å²) >= 11 is 6.36. The summed E-state index contributed by atoms with van der Waals surface area (Å²) in [5.41, 5.74) is 4.17. The average Bonchev–Trinajstić information content (AvgIpc) is 2.81. The van der Waals surface area contributed by atoms with Crippen LogP contribution in [-0.4, -0.2) is 35.7 Å². The molecule has 2 unspecified atom stereocenters. The molecule has 1 heterocycles. The second-order valence-corrected chi connectivity index (χ2v) is 8.30. The van der Waals surface area contributed by atoms with E-state index in [1.807, 2.05) is 30.3 Å². The molecule has 160 valence electrons. The highest BCUT2D eigenvalue weighted by molar-refractivity contribution is 6.30. The fourth-order valence-corrected chi connectivity index (χ4v) is 4.67. The number of methoxy groups -OCH3 is 1. The second kappa shape index (κ2) is 9.54. The van der Waals surface area contributed by atoms with Crippen LogP contribution < -0.4 is 4.74 Å². The maximum atomic E-state index is 12.1. The van der Waals surface area contributed by atoms with Gasteiger partial charge in [-0.1, -0.05) is 72.6 Å². The third-order valence-corrected chi connectivity index (χ3v) is 6.22. The minimum Gasteiger partial charge on any atom is -0.496 e. The molecule has 4 rings (SSSR count). The first kappa shape index (κ1) is 21.4. The lowest BCUT2D eigenvalue weighted by Crippen LogP contribution is -2.46. The summed E-state index contributed by atoms with van der Waals surface area (Å²) in [4.78, 5) is 14.2. The topological polar surface area (TPSA) is 49.8 Å². The van der Waals surface area contributed by atoms with E-state index in [1.54, 1.807) is 13.2 Å². The van der Waals surface area contributed by atoms with Crippen molar-refractivity contribution in [2.24, 2.45) is 0 Å². The number of carboxylic acid groups (broad SMARTS) is 1. The molecule has 1 N–H and O–H groups in total. The lowest BCUT2D eigenvalue weighted by atomic mass is 9.90. The van der Waals surface area contributed by atoms with Crippen molar-refractivity contribution in [1.82, 2.24) is 4.90 Å². The highest BCUT2D eigenvalue weighted by Gasteiger charge is 2.36. The number of rotatable bonds is 6. The quantitative estimate of drug-likeness (QED) is 0.512. The molecule has 1 saturated heterocycles. The Hall–Kier alpha value is -2.82. The normalized spacial score (nSPS) is 17.8. The van der Waals surface area contributed by atoms with E-state index in [-0.39, 0.29) is 6.04 Å². The highest BCUT2D eigenvalue weighted by Crippen LogP contribution is 2.40. The van der Waals surface area contributed by atoms with E-state index in [0.717, 1.165) is 35.1 Å². The van der Waals surface area contributed by atoms with Crippen LogP contribution in [-0.2, 0) is 4.79 Å². The van der Waals surface area contributed by atoms with Crippen molar-refractivity contribution in [3.63, 3.8) is 0 Å². The smallest absolute Gasteiger partial charge is 0.320 e. The zero-order valence-corrected chi connectivity index (χ0v) is 18.3. The van der Waals surface area contributed by atoms with E-state index in [2.05, 4.69) is 41.3 Å². The van der Waals surface area contributed by atoms with E-state index in [1.165, 1.54) is 0 Å². The summed E-state index contributed by atoms with van der Waals surface area (Å²) in [6, 6.07) is 23.3. The van der Waals surface area contributed by atoms with Crippen molar-refractivity contribution in [3.05, 3.63) is 88.9 Å². The lowest BCUT2D eigenvalue weighted by molar-refractivity contribution is -0.145. The molecule has 0 aliphatic carbocycles. The first-order valence-electron chi connectivity index (χ1n) is 10.6. The van der Waals surface area contributed by atoms with E-state index in [9.17, 15) is 9.90 Å². The number of ether oxygens (including phenoxy) is 1. The van der Waals surface area contributed by atoms with Gasteiger partial charge in [0.25, 0.3) is 0 Å². The van der Waals surface area contributed by atoms with Crippen LogP contribution in [0.25, 0.3) is 11.1 Å². The van der Waals surface area contributed by atoms with E-state index in [4.69, 9.17) is 16.3 Å². The van der Waals surface area contributed by atoms with Crippen LogP contribution in [0.2, 0.25) is 5.02 Å². The predicted molar refractivity (Wildman–Crippen MR) is 124 cm³/mol. The van der Waals surface area contributed by atoms with Gasteiger partial charge in [0, 0.05) is 10.6 Å². The minimum atomic E-state index is -0.786. The average molecular weight is 436 g/mol. The van der Waals surface area contributed by atoms with Gasteiger partial charge in [-0.15, -0.1) is 0 Å². The first-order chi connectivity index (χ1) is 15.1. The van der Waals surface area contributed by atoms with Crippen LogP contribution in [0, 0.1) is 0 Å². The van der Waals surface area contributed by atoms with Crippen molar-refractivity contribution in [3.8, 4) is 16.9 Å². The molecule has 1 aliphatic heterocycles. The molecule has 1 fully saturated rings. The zero-order valence-electron chi connectivity index (χ0n) is 17.5. The van der Waals surface area contributed by atoms with Crippen molar-refractivity contribution in [2.75, 3.05) is 13.7 Å². The summed E-state index contributed by atoms with van der Waals surface area (Å²) in [5, 5.41) is 10.5. The minimum absolute atomic E-state index is 0.264. The lowest BCUT2D eigenvalue weighted by Gasteiger charge is -2.40. The van der Waals surface area contributed by atoms with Crippen LogP contribution in [0.3, 0.4) is 0 Å². The summed E-state index contributed by atoms with van der Waals surface area (Å²) < 4.78 is 5.65. The molecule has 0 spiro atoms. The highest BCUT2D eigenvalue weighted by atomic mass is 35.5. The number of likely N-dealkylation sites (tertiary alicyclic amines) is 1. The number of piperidine rings is 1. The van der Waals surface area contributed by atoms with Gasteiger partial charge in [0.1, 0.15) is 11.8 Å². The number of carbonyl (C=O) groups is 1. The van der Waals surface area contributed by atoms with Gasteiger partial charge in [-0.05, 0) is 54.3 Å². The number of halogens is 1. The number of carboxylic acids is 1. The molecule has 3 aromatic carbocycles. The van der Waals surface area contributed by atoms with Crippen molar-refractivity contribution in [2.45, 2.75) is 31.3 Å². The number of hydrogen-bond donors (Lipinski definition) is 1. The summed E-state index contributed by atoms with van der Waals surface area (Å²) in [6.07, 6.45) is 2.52. The number of benzene rings is 3. The maximum Gasteiger partial charge on any atom is 0.320 e. The van der Waals surface area contributed by atoms with Gasteiger partial charge in [0.2, 0.25) is 0 Å². The van der Waals surface area contributed by atoms with Gasteiger partial charge in [-0.3, -0.25) is 9.69 Å². The molecule has 0 amide bonds. The molecular formula is C26H26ClNO3. The molecule has 3 aromatic rings. The molecular weight excluding hydrogens is 410 g/mol. The van der Waals surface area contributed by atoms with Crippen LogP contribution in [0.4, 0.5) is 0 Å². The second-order valence-electron chi connectivity index (χ2n) is 7.86. The Morgan fingerprint density at radius 2 is 1.74 bits per heavy atom. The standard InChI is InChI=1S/C26H26ClNO3/c1-31-24-15-14-21(27)17-22(24)25(28-16-6-5-9-23(28)26(29)30)20-12-10-19(11-13-20)18-7-3-2-4-8-18/h2-4,7-8,10-15,17,23,25H,5-6,9,16H2,1H3,(H,29,30). The van der Waals surface area contributed by atoms with Crippen molar-refractivity contribution < 1.29 is 14.6 Å². The SMILES string of the molecule is COc1ccc(Cl)cc1C(c1ccc(-c2ccccc2)cc1)N1CCCCC1C(=O)O. The van der Waals surface area contributed by atoms with Gasteiger partial charge in [0.05, 0.1) is 13.2 Å². The first-order valence-corrected chi connectivity index (χ1v) is 10.9. The molecule has 1 aliphatic rings. The summed E-state index contributed by atoms with van der Waals surface area (Å²) in [5.74, 6) is -0.0807. The van der Waals surface area contributed by atoms with Gasteiger partial charge in [-0.25, -0.2) is 0 Å². The van der Waals surface area contributed by atoms with Gasteiger partial charge in [-0.2, -0.15) is 0 Å². The number of hydrogen-bond acceptors (Lipinski definition) is 3. The Labute approximate surface area is 188 Å². The van der Waals surface area contributed by atoms with E-state index >= 15 is 0 Å². The third-order valence-electron chi connectivity index (χ3n) is 5.98. The fraction of sp³-hybridized carbons (Fsp3) is 0.269. The Bertz CT molecular complexity index is 1040. The predicted octanol–water partition coefficient (Wildman–Crippen LogP) is 6.04. The van der Waals surface area contributed by atoms with Crippen LogP contribution in [0.15, 0.2) is 72.8 Å². The Morgan fingerprint density at radius 1 is 1.03 bits per heavy atom. The molecule has 4 nitrogen and oxygen atoms in total. The van der Waals surface area contributed by atoms with Gasteiger partial charge in [0.15, 0.2) is 0 Å². The Balaban J connectivity index is 1.81. The number of nitrogens with zero attached hydrogens (tertiary/aromatic N) is 1. The Morgan fingerprint density at radius 3 is 2.42 bits per heavy atom. The fourth-order valence-electron chi connectivity index (χ4n) is 4.49. The van der Waals surface area contributed by atoms with Crippen molar-refractivity contribution >= 4 is 17.6 Å². The third kappa shape index (κ3) is 4.60. The molecule has 31 heavy (non-hydrogen) atoms. The molecule has 0 aromatic heterocycles. The monoisotopic (exact) mass is 435 g/mol. The molecule has 0 bridgehead atoms. The van der Waals surface area contributed by atoms with Gasteiger partial charge < -0.3 is 9.84 Å². The molecule has 2 atom stereocenters.